The Bertz CT molecular complexity index is 1510. The van der Waals surface area contributed by atoms with Gasteiger partial charge in [0.2, 0.25) is 11.8 Å². The molecule has 1 aliphatic heterocycles. The number of pyridine rings is 1. The Morgan fingerprint density at radius 1 is 1.17 bits per heavy atom. The Labute approximate surface area is 246 Å². The van der Waals surface area contributed by atoms with Gasteiger partial charge in [-0.2, -0.15) is 10.2 Å². The number of aryl methyl sites for hydroxylation is 1. The van der Waals surface area contributed by atoms with Crippen LogP contribution in [0, 0.1) is 18.3 Å². The number of carbonyl (C=O) groups is 2. The molecule has 1 N–H and O–H groups in total. The lowest BCUT2D eigenvalue weighted by atomic mass is 9.95. The van der Waals surface area contributed by atoms with Crippen molar-refractivity contribution in [2.24, 2.45) is 0 Å². The molecule has 3 aromatic rings. The third kappa shape index (κ3) is 7.19. The molecule has 4 rings (SSSR count). The van der Waals surface area contributed by atoms with Gasteiger partial charge in [0.05, 0.1) is 17.4 Å². The maximum absolute atomic E-state index is 12.6. The van der Waals surface area contributed by atoms with Crippen LogP contribution in [0.5, 0.6) is 0 Å². The highest BCUT2D eigenvalue weighted by molar-refractivity contribution is 5.90. The zero-order valence-electron chi connectivity index (χ0n) is 25.1. The largest absolute Gasteiger partial charge is 0.366 e. The lowest BCUT2D eigenvalue weighted by Gasteiger charge is -2.36. The SMILES string of the molecule is Cc1cc(-c2c(C#N)cncc2N2CCN(C(=O)/C=C/CN(C)C)CC2)ccc1CNC(=O)c1noc(C(C)(C)C)n1. The van der Waals surface area contributed by atoms with Crippen LogP contribution in [-0.2, 0) is 16.8 Å². The predicted molar refractivity (Wildman–Crippen MR) is 160 cm³/mol. The van der Waals surface area contributed by atoms with Crippen LogP contribution in [0.15, 0.2) is 47.3 Å². The van der Waals surface area contributed by atoms with Crippen molar-refractivity contribution in [1.82, 2.24) is 30.2 Å². The fourth-order valence-corrected chi connectivity index (χ4v) is 4.64. The van der Waals surface area contributed by atoms with Gasteiger partial charge in [-0.25, -0.2) is 0 Å². The Morgan fingerprint density at radius 2 is 1.90 bits per heavy atom. The second-order valence-corrected chi connectivity index (χ2v) is 11.7. The third-order valence-electron chi connectivity index (χ3n) is 7.05. The van der Waals surface area contributed by atoms with Gasteiger partial charge in [0, 0.05) is 62.5 Å². The summed E-state index contributed by atoms with van der Waals surface area (Å²) in [6.45, 7) is 11.2. The number of hydrogen-bond donors (Lipinski definition) is 1. The smallest absolute Gasteiger partial charge is 0.292 e. The number of likely N-dealkylation sites (N-methyl/N-ethyl adjacent to an activating group) is 1. The molecule has 2 amide bonds. The molecule has 0 atom stereocenters. The fraction of sp³-hybridized carbons (Fsp3) is 0.419. The fourth-order valence-electron chi connectivity index (χ4n) is 4.64. The standard InChI is InChI=1S/C31H38N8O3/c1-21-16-22(9-10-23(21)19-34-29(41)28-35-30(42-36-28)31(2,3)4)27-24(17-32)18-33-20-25(27)38-12-14-39(15-13-38)26(40)8-7-11-37(5)6/h7-10,16,18,20H,11-15,19H2,1-6H3,(H,34,41)/b8-7+. The van der Waals surface area contributed by atoms with Crippen molar-refractivity contribution < 1.29 is 14.1 Å². The second kappa shape index (κ2) is 13.0. The van der Waals surface area contributed by atoms with Gasteiger partial charge < -0.3 is 24.5 Å². The number of nitriles is 1. The van der Waals surface area contributed by atoms with Crippen molar-refractivity contribution in [1.29, 1.82) is 5.26 Å². The van der Waals surface area contributed by atoms with Crippen molar-refractivity contribution in [3.63, 3.8) is 0 Å². The molecule has 1 aliphatic rings. The first kappa shape index (κ1) is 30.4. The number of hydrogen-bond acceptors (Lipinski definition) is 9. The van der Waals surface area contributed by atoms with Gasteiger partial charge in [0.15, 0.2) is 0 Å². The Morgan fingerprint density at radius 3 is 2.52 bits per heavy atom. The summed E-state index contributed by atoms with van der Waals surface area (Å²) in [7, 11) is 3.92. The molecule has 11 heteroatoms. The number of piperazine rings is 1. The van der Waals surface area contributed by atoms with Crippen LogP contribution in [0.2, 0.25) is 0 Å². The van der Waals surface area contributed by atoms with Crippen molar-refractivity contribution in [2.75, 3.05) is 51.7 Å². The number of nitrogens with zero attached hydrogens (tertiary/aromatic N) is 7. The van der Waals surface area contributed by atoms with E-state index in [0.717, 1.165) is 27.9 Å². The van der Waals surface area contributed by atoms with Gasteiger partial charge >= 0.3 is 0 Å². The molecule has 0 saturated carbocycles. The second-order valence-electron chi connectivity index (χ2n) is 11.7. The molecule has 2 aromatic heterocycles. The first-order chi connectivity index (χ1) is 20.0. The molecule has 1 fully saturated rings. The van der Waals surface area contributed by atoms with Crippen molar-refractivity contribution >= 4 is 17.5 Å². The molecule has 0 radical (unpaired) electrons. The normalized spacial score (nSPS) is 14.0. The van der Waals surface area contributed by atoms with E-state index in [1.165, 1.54) is 0 Å². The monoisotopic (exact) mass is 570 g/mol. The summed E-state index contributed by atoms with van der Waals surface area (Å²) < 4.78 is 5.23. The van der Waals surface area contributed by atoms with Crippen LogP contribution in [0.3, 0.4) is 0 Å². The van der Waals surface area contributed by atoms with Gasteiger partial charge in [-0.3, -0.25) is 14.6 Å². The van der Waals surface area contributed by atoms with Crippen LogP contribution in [0.1, 0.15) is 54.0 Å². The highest BCUT2D eigenvalue weighted by atomic mass is 16.5. The molecule has 42 heavy (non-hydrogen) atoms. The maximum atomic E-state index is 12.6. The molecule has 1 aromatic carbocycles. The number of nitrogens with one attached hydrogen (secondary N) is 1. The summed E-state index contributed by atoms with van der Waals surface area (Å²) in [4.78, 5) is 39.8. The lowest BCUT2D eigenvalue weighted by Crippen LogP contribution is -2.48. The minimum Gasteiger partial charge on any atom is -0.366 e. The van der Waals surface area contributed by atoms with E-state index in [2.05, 4.69) is 31.4 Å². The minimum absolute atomic E-state index is 0.000621. The number of carbonyl (C=O) groups excluding carboxylic acids is 2. The molecular formula is C31H38N8O3. The molecular weight excluding hydrogens is 532 g/mol. The lowest BCUT2D eigenvalue weighted by molar-refractivity contribution is -0.126. The van der Waals surface area contributed by atoms with Gasteiger partial charge in [-0.1, -0.05) is 50.2 Å². The van der Waals surface area contributed by atoms with Crippen molar-refractivity contribution in [2.45, 2.75) is 39.7 Å². The molecule has 0 unspecified atom stereocenters. The van der Waals surface area contributed by atoms with Crippen LogP contribution in [-0.4, -0.2) is 83.6 Å². The first-order valence-electron chi connectivity index (χ1n) is 13.9. The predicted octanol–water partition coefficient (Wildman–Crippen LogP) is 3.31. The van der Waals surface area contributed by atoms with Gasteiger partial charge in [0.25, 0.3) is 11.7 Å². The summed E-state index contributed by atoms with van der Waals surface area (Å²) in [6, 6.07) is 8.21. The van der Waals surface area contributed by atoms with Crippen molar-refractivity contribution in [3.8, 4) is 17.2 Å². The summed E-state index contributed by atoms with van der Waals surface area (Å²) >= 11 is 0. The number of anilines is 1. The van der Waals surface area contributed by atoms with Gasteiger partial charge in [-0.05, 0) is 37.7 Å². The molecule has 220 valence electrons. The van der Waals surface area contributed by atoms with Crippen LogP contribution in [0.4, 0.5) is 5.69 Å². The number of amides is 2. The van der Waals surface area contributed by atoms with Gasteiger partial charge in [-0.15, -0.1) is 0 Å². The number of benzene rings is 1. The Hall–Kier alpha value is -4.56. The average Bonchev–Trinajstić information content (AvgIpc) is 3.47. The van der Waals surface area contributed by atoms with E-state index < -0.39 is 5.91 Å². The zero-order chi connectivity index (χ0) is 30.4. The Kier molecular flexibility index (Phi) is 9.38. The van der Waals surface area contributed by atoms with E-state index in [9.17, 15) is 14.9 Å². The zero-order valence-corrected chi connectivity index (χ0v) is 25.1. The molecule has 0 aliphatic carbocycles. The summed E-state index contributed by atoms with van der Waals surface area (Å²) in [5, 5.41) is 16.6. The van der Waals surface area contributed by atoms with E-state index in [4.69, 9.17) is 4.52 Å². The van der Waals surface area contributed by atoms with E-state index in [1.54, 1.807) is 18.5 Å². The topological polar surface area (TPSA) is 131 Å². The van der Waals surface area contributed by atoms with Crippen LogP contribution >= 0.6 is 0 Å². The maximum Gasteiger partial charge on any atom is 0.292 e. The van der Waals surface area contributed by atoms with E-state index in [-0.39, 0.29) is 23.7 Å². The molecule has 11 nitrogen and oxygen atoms in total. The van der Waals surface area contributed by atoms with Gasteiger partial charge in [0.1, 0.15) is 6.07 Å². The van der Waals surface area contributed by atoms with Crippen LogP contribution < -0.4 is 10.2 Å². The molecule has 1 saturated heterocycles. The first-order valence-corrected chi connectivity index (χ1v) is 13.9. The Balaban J connectivity index is 1.48. The molecule has 0 spiro atoms. The third-order valence-corrected chi connectivity index (χ3v) is 7.05. The molecule has 3 heterocycles. The highest BCUT2D eigenvalue weighted by Gasteiger charge is 2.25. The minimum atomic E-state index is -0.410. The average molecular weight is 571 g/mol. The number of aromatic nitrogens is 3. The van der Waals surface area contributed by atoms with E-state index in [1.807, 2.05) is 75.9 Å². The summed E-state index contributed by atoms with van der Waals surface area (Å²) in [6.07, 6.45) is 6.87. The van der Waals surface area contributed by atoms with Crippen LogP contribution in [0.25, 0.3) is 11.1 Å². The summed E-state index contributed by atoms with van der Waals surface area (Å²) in [5.74, 6) is -0.000191. The highest BCUT2D eigenvalue weighted by Crippen LogP contribution is 2.35. The van der Waals surface area contributed by atoms with E-state index in [0.29, 0.717) is 44.2 Å². The molecule has 0 bridgehead atoms. The number of rotatable bonds is 8. The van der Waals surface area contributed by atoms with E-state index >= 15 is 0 Å². The quantitative estimate of drug-likeness (QED) is 0.405. The van der Waals surface area contributed by atoms with Crippen molar-refractivity contribution in [3.05, 3.63) is 71.2 Å². The summed E-state index contributed by atoms with van der Waals surface area (Å²) in [5.41, 5.74) is 4.56.